The van der Waals surface area contributed by atoms with E-state index in [9.17, 15) is 0 Å². The smallest absolute Gasteiger partial charge is 0.208 e. The van der Waals surface area contributed by atoms with Crippen LogP contribution in [0.25, 0.3) is 10.6 Å². The van der Waals surface area contributed by atoms with E-state index in [1.54, 1.807) is 11.3 Å². The second-order valence-electron chi connectivity index (χ2n) is 5.84. The number of nitrogens with zero attached hydrogens (tertiary/aromatic N) is 3. The van der Waals surface area contributed by atoms with Gasteiger partial charge in [-0.05, 0) is 5.56 Å². The molecule has 3 aromatic rings. The van der Waals surface area contributed by atoms with Crippen LogP contribution in [-0.2, 0) is 0 Å². The van der Waals surface area contributed by atoms with Gasteiger partial charge in [-0.3, -0.25) is 0 Å². The van der Waals surface area contributed by atoms with Gasteiger partial charge in [0, 0.05) is 30.6 Å². The van der Waals surface area contributed by atoms with Gasteiger partial charge in [0.05, 0.1) is 0 Å². The molecule has 4 rings (SSSR count). The first-order valence-electron chi connectivity index (χ1n) is 7.75. The SMILES string of the molecule is N[C@@H]1CN(c2nnc(-c3ccccc3)s2)C[C@H]1c1ccccc1. The minimum atomic E-state index is 0.126. The van der Waals surface area contributed by atoms with Crippen LogP contribution in [0.4, 0.5) is 5.13 Å². The van der Waals surface area contributed by atoms with Crippen LogP contribution in [0, 0.1) is 0 Å². The van der Waals surface area contributed by atoms with Crippen LogP contribution in [0.2, 0.25) is 0 Å². The summed E-state index contributed by atoms with van der Waals surface area (Å²) in [6, 6.07) is 20.8. The first kappa shape index (κ1) is 14.4. The van der Waals surface area contributed by atoms with Crippen molar-refractivity contribution in [3.8, 4) is 10.6 Å². The summed E-state index contributed by atoms with van der Waals surface area (Å²) >= 11 is 1.63. The van der Waals surface area contributed by atoms with E-state index >= 15 is 0 Å². The molecule has 0 radical (unpaired) electrons. The third-order valence-corrected chi connectivity index (χ3v) is 5.33. The molecule has 116 valence electrons. The van der Waals surface area contributed by atoms with E-state index in [4.69, 9.17) is 5.73 Å². The Morgan fingerprint density at radius 2 is 1.61 bits per heavy atom. The van der Waals surface area contributed by atoms with E-state index in [1.165, 1.54) is 5.56 Å². The van der Waals surface area contributed by atoms with Crippen molar-refractivity contribution >= 4 is 16.5 Å². The average molecular weight is 322 g/mol. The molecule has 0 bridgehead atoms. The highest BCUT2D eigenvalue weighted by atomic mass is 32.1. The van der Waals surface area contributed by atoms with Crippen molar-refractivity contribution in [2.75, 3.05) is 18.0 Å². The molecule has 1 fully saturated rings. The Balaban J connectivity index is 1.55. The molecule has 1 aliphatic heterocycles. The monoisotopic (exact) mass is 322 g/mol. The largest absolute Gasteiger partial charge is 0.344 e. The van der Waals surface area contributed by atoms with E-state index in [1.807, 2.05) is 24.3 Å². The zero-order chi connectivity index (χ0) is 15.6. The van der Waals surface area contributed by atoms with Crippen LogP contribution >= 0.6 is 11.3 Å². The fourth-order valence-corrected chi connectivity index (χ4v) is 3.95. The van der Waals surface area contributed by atoms with Crippen molar-refractivity contribution in [3.63, 3.8) is 0 Å². The van der Waals surface area contributed by atoms with Crippen LogP contribution in [0.5, 0.6) is 0 Å². The highest BCUT2D eigenvalue weighted by molar-refractivity contribution is 7.18. The van der Waals surface area contributed by atoms with Crippen molar-refractivity contribution in [3.05, 3.63) is 66.2 Å². The number of anilines is 1. The second kappa shape index (κ2) is 6.10. The maximum absolute atomic E-state index is 6.37. The predicted molar refractivity (Wildman–Crippen MR) is 94.7 cm³/mol. The van der Waals surface area contributed by atoms with Crippen molar-refractivity contribution in [2.45, 2.75) is 12.0 Å². The average Bonchev–Trinajstić information content (AvgIpc) is 3.23. The number of hydrogen-bond donors (Lipinski definition) is 1. The summed E-state index contributed by atoms with van der Waals surface area (Å²) < 4.78 is 0. The fourth-order valence-electron chi connectivity index (χ4n) is 3.08. The molecule has 0 saturated carbocycles. The van der Waals surface area contributed by atoms with Gasteiger partial charge in [-0.1, -0.05) is 72.0 Å². The molecule has 1 aliphatic rings. The molecule has 23 heavy (non-hydrogen) atoms. The molecule has 1 saturated heterocycles. The van der Waals surface area contributed by atoms with E-state index in [-0.39, 0.29) is 6.04 Å². The minimum absolute atomic E-state index is 0.126. The number of aromatic nitrogens is 2. The summed E-state index contributed by atoms with van der Waals surface area (Å²) in [5.74, 6) is 0.347. The van der Waals surface area contributed by atoms with Gasteiger partial charge < -0.3 is 10.6 Å². The van der Waals surface area contributed by atoms with Crippen molar-refractivity contribution in [1.82, 2.24) is 10.2 Å². The van der Waals surface area contributed by atoms with Gasteiger partial charge in [0.2, 0.25) is 5.13 Å². The molecule has 0 amide bonds. The van der Waals surface area contributed by atoms with Crippen molar-refractivity contribution in [1.29, 1.82) is 0 Å². The molecule has 5 heteroatoms. The minimum Gasteiger partial charge on any atom is -0.344 e. The Morgan fingerprint density at radius 1 is 0.913 bits per heavy atom. The summed E-state index contributed by atoms with van der Waals surface area (Å²) in [5.41, 5.74) is 8.78. The van der Waals surface area contributed by atoms with E-state index < -0.39 is 0 Å². The maximum Gasteiger partial charge on any atom is 0.208 e. The third-order valence-electron chi connectivity index (χ3n) is 4.30. The highest BCUT2D eigenvalue weighted by Crippen LogP contribution is 2.34. The zero-order valence-corrected chi connectivity index (χ0v) is 13.5. The van der Waals surface area contributed by atoms with Gasteiger partial charge in [-0.2, -0.15) is 0 Å². The lowest BCUT2D eigenvalue weighted by atomic mass is 9.95. The van der Waals surface area contributed by atoms with Gasteiger partial charge in [-0.15, -0.1) is 10.2 Å². The molecule has 4 nitrogen and oxygen atoms in total. The van der Waals surface area contributed by atoms with Crippen LogP contribution in [0.1, 0.15) is 11.5 Å². The first-order chi connectivity index (χ1) is 11.3. The fraction of sp³-hybridized carbons (Fsp3) is 0.222. The molecule has 0 unspecified atom stereocenters. The lowest BCUT2D eigenvalue weighted by Gasteiger charge is -2.14. The van der Waals surface area contributed by atoms with E-state index in [2.05, 4.69) is 51.5 Å². The van der Waals surface area contributed by atoms with Crippen molar-refractivity contribution in [2.24, 2.45) is 5.73 Å². The molecule has 0 aliphatic carbocycles. The predicted octanol–water partition coefficient (Wildman–Crippen LogP) is 3.14. The van der Waals surface area contributed by atoms with Crippen LogP contribution in [0.15, 0.2) is 60.7 Å². The second-order valence-corrected chi connectivity index (χ2v) is 6.80. The lowest BCUT2D eigenvalue weighted by Crippen LogP contribution is -2.28. The summed E-state index contributed by atoms with van der Waals surface area (Å²) in [6.07, 6.45) is 0. The summed E-state index contributed by atoms with van der Waals surface area (Å²) in [5, 5.41) is 10.6. The number of nitrogens with two attached hydrogens (primary N) is 1. The molecule has 2 atom stereocenters. The molecule has 1 aromatic heterocycles. The Bertz CT molecular complexity index is 772. The number of rotatable bonds is 3. The lowest BCUT2D eigenvalue weighted by molar-refractivity contribution is 0.653. The van der Waals surface area contributed by atoms with E-state index in [0.717, 1.165) is 28.8 Å². The molecule has 2 N–H and O–H groups in total. The highest BCUT2D eigenvalue weighted by Gasteiger charge is 2.32. The van der Waals surface area contributed by atoms with Gasteiger partial charge in [-0.25, -0.2) is 0 Å². The van der Waals surface area contributed by atoms with Gasteiger partial charge in [0.1, 0.15) is 5.01 Å². The Kier molecular flexibility index (Phi) is 3.81. The number of hydrogen-bond acceptors (Lipinski definition) is 5. The molecular formula is C18H18N4S. The molecule has 2 heterocycles. The van der Waals surface area contributed by atoms with Crippen LogP contribution in [0.3, 0.4) is 0 Å². The summed E-state index contributed by atoms with van der Waals surface area (Å²) in [4.78, 5) is 2.26. The van der Waals surface area contributed by atoms with Crippen LogP contribution < -0.4 is 10.6 Å². The topological polar surface area (TPSA) is 55.0 Å². The first-order valence-corrected chi connectivity index (χ1v) is 8.57. The Labute approximate surface area is 139 Å². The van der Waals surface area contributed by atoms with Gasteiger partial charge in [0.25, 0.3) is 0 Å². The Hall–Kier alpha value is -2.24. The normalized spacial score (nSPS) is 20.8. The maximum atomic E-state index is 6.37. The Morgan fingerprint density at radius 3 is 2.35 bits per heavy atom. The number of benzene rings is 2. The zero-order valence-electron chi connectivity index (χ0n) is 12.7. The standard InChI is InChI=1S/C18H18N4S/c19-16-12-22(11-15(16)13-7-3-1-4-8-13)18-21-20-17(23-18)14-9-5-2-6-10-14/h1-10,15-16H,11-12,19H2/t15-,16+/m0/s1. The molecule has 2 aromatic carbocycles. The van der Waals surface area contributed by atoms with Gasteiger partial charge >= 0.3 is 0 Å². The molecule has 0 spiro atoms. The summed E-state index contributed by atoms with van der Waals surface area (Å²) in [7, 11) is 0. The van der Waals surface area contributed by atoms with E-state index in [0.29, 0.717) is 5.92 Å². The van der Waals surface area contributed by atoms with Crippen molar-refractivity contribution < 1.29 is 0 Å². The summed E-state index contributed by atoms with van der Waals surface area (Å²) in [6.45, 7) is 1.72. The van der Waals surface area contributed by atoms with Gasteiger partial charge in [0.15, 0.2) is 0 Å². The van der Waals surface area contributed by atoms with Crippen LogP contribution in [-0.4, -0.2) is 29.3 Å². The molecular weight excluding hydrogens is 304 g/mol. The quantitative estimate of drug-likeness (QED) is 0.805. The third kappa shape index (κ3) is 2.85.